The number of aromatic nitrogens is 2. The number of aryl methyl sites for hydroxylation is 1. The molecule has 0 spiro atoms. The van der Waals surface area contributed by atoms with E-state index >= 15 is 0 Å². The molecule has 1 aliphatic carbocycles. The van der Waals surface area contributed by atoms with E-state index in [-0.39, 0.29) is 12.5 Å². The minimum absolute atomic E-state index is 0.206. The SMILES string of the molecule is CCn1ncc2c(NC(=O)c3cc(CNC(=O)C4(O)CC4)ccc3Cl)cccc21. The minimum atomic E-state index is -1.23. The van der Waals surface area contributed by atoms with E-state index in [1.807, 2.05) is 29.8 Å². The number of aliphatic hydroxyl groups is 1. The van der Waals surface area contributed by atoms with Crippen LogP contribution in [-0.2, 0) is 17.9 Å². The van der Waals surface area contributed by atoms with E-state index in [1.165, 1.54) is 0 Å². The van der Waals surface area contributed by atoms with Crippen molar-refractivity contribution in [2.24, 2.45) is 0 Å². The van der Waals surface area contributed by atoms with Crippen molar-refractivity contribution in [1.82, 2.24) is 15.1 Å². The highest BCUT2D eigenvalue weighted by molar-refractivity contribution is 6.34. The van der Waals surface area contributed by atoms with Crippen molar-refractivity contribution < 1.29 is 14.7 Å². The average Bonchev–Trinajstić information content (AvgIpc) is 3.33. The van der Waals surface area contributed by atoms with Crippen LogP contribution < -0.4 is 10.6 Å². The smallest absolute Gasteiger partial charge is 0.257 e. The number of carbonyl (C=O) groups excluding carboxylic acids is 2. The van der Waals surface area contributed by atoms with Crippen LogP contribution >= 0.6 is 11.6 Å². The van der Waals surface area contributed by atoms with Crippen molar-refractivity contribution in [1.29, 1.82) is 0 Å². The first-order valence-corrected chi connectivity index (χ1v) is 9.84. The number of amides is 2. The van der Waals surface area contributed by atoms with E-state index in [2.05, 4.69) is 15.7 Å². The summed E-state index contributed by atoms with van der Waals surface area (Å²) in [5.74, 6) is -0.737. The Morgan fingerprint density at radius 1 is 1.28 bits per heavy atom. The van der Waals surface area contributed by atoms with Gasteiger partial charge in [0.05, 0.1) is 28.0 Å². The summed E-state index contributed by atoms with van der Waals surface area (Å²) < 4.78 is 1.86. The fourth-order valence-electron chi connectivity index (χ4n) is 3.20. The lowest BCUT2D eigenvalue weighted by atomic mass is 10.1. The molecule has 29 heavy (non-hydrogen) atoms. The van der Waals surface area contributed by atoms with Crippen LogP contribution in [0.4, 0.5) is 5.69 Å². The number of carbonyl (C=O) groups is 2. The Labute approximate surface area is 172 Å². The summed E-state index contributed by atoms with van der Waals surface area (Å²) in [6, 6.07) is 10.6. The van der Waals surface area contributed by atoms with E-state index in [4.69, 9.17) is 11.6 Å². The van der Waals surface area contributed by atoms with E-state index in [0.717, 1.165) is 17.4 Å². The second kappa shape index (κ2) is 7.50. The molecule has 1 fully saturated rings. The Morgan fingerprint density at radius 2 is 2.07 bits per heavy atom. The standard InChI is InChI=1S/C21H21ClN4O3/c1-2-26-18-5-3-4-17(15(18)12-24-26)25-19(27)14-10-13(6-7-16(14)22)11-23-20(28)21(29)8-9-21/h3-7,10,12,29H,2,8-9,11H2,1H3,(H,23,28)(H,25,27). The van der Waals surface area contributed by atoms with Crippen LogP contribution in [0.5, 0.6) is 0 Å². The van der Waals surface area contributed by atoms with Gasteiger partial charge in [-0.2, -0.15) is 5.10 Å². The molecule has 0 radical (unpaired) electrons. The van der Waals surface area contributed by atoms with Gasteiger partial charge in [0.2, 0.25) is 0 Å². The predicted molar refractivity (Wildman–Crippen MR) is 111 cm³/mol. The Balaban J connectivity index is 1.52. The normalized spacial score (nSPS) is 14.6. The first-order chi connectivity index (χ1) is 13.9. The largest absolute Gasteiger partial charge is 0.380 e. The van der Waals surface area contributed by atoms with Crippen LogP contribution in [0.3, 0.4) is 0 Å². The molecule has 2 aromatic carbocycles. The molecule has 7 nitrogen and oxygen atoms in total. The third kappa shape index (κ3) is 3.83. The zero-order chi connectivity index (χ0) is 20.6. The summed E-state index contributed by atoms with van der Waals surface area (Å²) >= 11 is 6.24. The highest BCUT2D eigenvalue weighted by Gasteiger charge is 2.47. The van der Waals surface area contributed by atoms with Crippen LogP contribution in [0.25, 0.3) is 10.9 Å². The second-order valence-corrected chi connectivity index (χ2v) is 7.59. The Kier molecular flexibility index (Phi) is 5.02. The number of hydrogen-bond donors (Lipinski definition) is 3. The van der Waals surface area contributed by atoms with Gasteiger partial charge in [-0.15, -0.1) is 0 Å². The summed E-state index contributed by atoms with van der Waals surface area (Å²) in [6.45, 7) is 2.94. The molecule has 3 aromatic rings. The first kappa shape index (κ1) is 19.4. The third-order valence-corrected chi connectivity index (χ3v) is 5.44. The van der Waals surface area contributed by atoms with Gasteiger partial charge < -0.3 is 15.7 Å². The van der Waals surface area contributed by atoms with Gasteiger partial charge in [-0.25, -0.2) is 0 Å². The Morgan fingerprint density at radius 3 is 2.79 bits per heavy atom. The zero-order valence-corrected chi connectivity index (χ0v) is 16.7. The van der Waals surface area contributed by atoms with E-state index in [9.17, 15) is 14.7 Å². The van der Waals surface area contributed by atoms with Crippen molar-refractivity contribution in [3.63, 3.8) is 0 Å². The number of benzene rings is 2. The van der Waals surface area contributed by atoms with Crippen molar-refractivity contribution in [3.8, 4) is 0 Å². The molecule has 4 rings (SSSR count). The molecule has 2 amide bonds. The Bertz CT molecular complexity index is 1100. The zero-order valence-electron chi connectivity index (χ0n) is 15.9. The maximum Gasteiger partial charge on any atom is 0.257 e. The number of nitrogens with one attached hydrogen (secondary N) is 2. The fourth-order valence-corrected chi connectivity index (χ4v) is 3.41. The number of nitrogens with zero attached hydrogens (tertiary/aromatic N) is 2. The predicted octanol–water partition coefficient (Wildman–Crippen LogP) is 3.10. The van der Waals surface area contributed by atoms with Gasteiger partial charge in [-0.05, 0) is 49.6 Å². The van der Waals surface area contributed by atoms with Gasteiger partial charge in [0.25, 0.3) is 11.8 Å². The third-order valence-electron chi connectivity index (χ3n) is 5.11. The fraction of sp³-hybridized carbons (Fsp3) is 0.286. The maximum absolute atomic E-state index is 12.9. The second-order valence-electron chi connectivity index (χ2n) is 7.18. The van der Waals surface area contributed by atoms with Crippen LogP contribution in [0, 0.1) is 0 Å². The van der Waals surface area contributed by atoms with E-state index in [0.29, 0.717) is 34.7 Å². The molecule has 8 heteroatoms. The Hall–Kier alpha value is -2.90. The van der Waals surface area contributed by atoms with Gasteiger partial charge in [0.1, 0.15) is 5.60 Å². The first-order valence-electron chi connectivity index (χ1n) is 9.46. The summed E-state index contributed by atoms with van der Waals surface area (Å²) in [7, 11) is 0. The quantitative estimate of drug-likeness (QED) is 0.579. The van der Waals surface area contributed by atoms with Gasteiger partial charge in [0, 0.05) is 18.5 Å². The molecule has 0 atom stereocenters. The number of halogens is 1. The highest BCUT2D eigenvalue weighted by Crippen LogP contribution is 2.35. The van der Waals surface area contributed by atoms with Gasteiger partial charge in [-0.1, -0.05) is 23.7 Å². The minimum Gasteiger partial charge on any atom is -0.380 e. The lowest BCUT2D eigenvalue weighted by Gasteiger charge is -2.12. The monoisotopic (exact) mass is 412 g/mol. The number of rotatable bonds is 6. The van der Waals surface area contributed by atoms with Gasteiger partial charge >= 0.3 is 0 Å². The van der Waals surface area contributed by atoms with Crippen LogP contribution in [0.1, 0.15) is 35.7 Å². The van der Waals surface area contributed by atoms with Crippen molar-refractivity contribution in [2.45, 2.75) is 38.5 Å². The molecule has 3 N–H and O–H groups in total. The molecular weight excluding hydrogens is 392 g/mol. The van der Waals surface area contributed by atoms with Crippen molar-refractivity contribution >= 4 is 40.0 Å². The molecule has 0 bridgehead atoms. The van der Waals surface area contributed by atoms with E-state index < -0.39 is 11.5 Å². The number of hydrogen-bond acceptors (Lipinski definition) is 4. The van der Waals surface area contributed by atoms with E-state index in [1.54, 1.807) is 24.4 Å². The molecule has 150 valence electrons. The van der Waals surface area contributed by atoms with Crippen LogP contribution in [0.15, 0.2) is 42.6 Å². The molecule has 1 heterocycles. The van der Waals surface area contributed by atoms with Crippen LogP contribution in [0.2, 0.25) is 5.02 Å². The molecule has 1 aromatic heterocycles. The molecule has 0 aliphatic heterocycles. The number of fused-ring (bicyclic) bond motifs is 1. The average molecular weight is 413 g/mol. The number of anilines is 1. The lowest BCUT2D eigenvalue weighted by molar-refractivity contribution is -0.131. The van der Waals surface area contributed by atoms with Gasteiger partial charge in [0.15, 0.2) is 0 Å². The molecule has 1 saturated carbocycles. The highest BCUT2D eigenvalue weighted by atomic mass is 35.5. The summed E-state index contributed by atoms with van der Waals surface area (Å²) in [6.07, 6.45) is 2.69. The lowest BCUT2D eigenvalue weighted by Crippen LogP contribution is -2.35. The van der Waals surface area contributed by atoms with Gasteiger partial charge in [-0.3, -0.25) is 14.3 Å². The molecule has 0 unspecified atom stereocenters. The topological polar surface area (TPSA) is 96.3 Å². The summed E-state index contributed by atoms with van der Waals surface area (Å²) in [5.41, 5.74) is 1.38. The summed E-state index contributed by atoms with van der Waals surface area (Å²) in [5, 5.41) is 20.9. The molecule has 1 aliphatic rings. The molecular formula is C21H21ClN4O3. The maximum atomic E-state index is 12.9. The van der Waals surface area contributed by atoms with Crippen LogP contribution in [-0.4, -0.2) is 32.3 Å². The van der Waals surface area contributed by atoms with Crippen molar-refractivity contribution in [2.75, 3.05) is 5.32 Å². The summed E-state index contributed by atoms with van der Waals surface area (Å²) in [4.78, 5) is 24.8. The van der Waals surface area contributed by atoms with Crippen molar-refractivity contribution in [3.05, 3.63) is 58.7 Å². The molecule has 0 saturated heterocycles.